The minimum Gasteiger partial charge on any atom is -0.459 e. The Morgan fingerprint density at radius 1 is 0.275 bits per heavy atom. The molecule has 0 N–H and O–H groups in total. The summed E-state index contributed by atoms with van der Waals surface area (Å²) in [5, 5.41) is 0. The predicted octanol–water partition coefficient (Wildman–Crippen LogP) is 35.1. The van der Waals surface area contributed by atoms with Gasteiger partial charge in [-0.05, 0) is 444 Å². The van der Waals surface area contributed by atoms with E-state index in [1.807, 2.05) is 138 Å². The van der Waals surface area contributed by atoms with Crippen LogP contribution in [0.1, 0.15) is 533 Å². The van der Waals surface area contributed by atoms with Crippen LogP contribution in [0.15, 0.2) is 0 Å². The molecule has 142 heavy (non-hydrogen) atoms. The van der Waals surface area contributed by atoms with E-state index in [0.717, 1.165) is 203 Å². The second kappa shape index (κ2) is 64.1. The monoisotopic (exact) mass is 2020 g/mol. The summed E-state index contributed by atoms with van der Waals surface area (Å²) < 4.78 is 63.7. The second-order valence-corrected chi connectivity index (χ2v) is 46.9. The number of carbonyl (C=O) groups excluding carboxylic acids is 7. The Morgan fingerprint density at radius 2 is 0.528 bits per heavy atom. The highest BCUT2D eigenvalue weighted by Crippen LogP contribution is 2.70. The largest absolute Gasteiger partial charge is 0.459 e. The van der Waals surface area contributed by atoms with Crippen LogP contribution < -0.4 is 0 Å². The molecule has 0 radical (unpaired) electrons. The van der Waals surface area contributed by atoms with Crippen LogP contribution in [0.5, 0.6) is 0 Å². The summed E-state index contributed by atoms with van der Waals surface area (Å²) in [5.41, 5.74) is -1.22. The van der Waals surface area contributed by atoms with Crippen molar-refractivity contribution < 1.29 is 85.7 Å². The fraction of sp³-hybridized carbons (Fsp3) is 0.944. The Balaban J connectivity index is -0.000000777. The lowest BCUT2D eigenvalue weighted by Gasteiger charge is -2.54. The molecule has 0 saturated heterocycles. The zero-order valence-electron chi connectivity index (χ0n) is 85.1. The van der Waals surface area contributed by atoms with Gasteiger partial charge in [0.15, 0.2) is 25.2 Å². The molecule has 19 aliphatic carbocycles. The first kappa shape index (κ1) is 144. The maximum Gasteiger partial charge on any atom is 0.313 e. The van der Waals surface area contributed by atoms with Crippen LogP contribution in [0.25, 0.3) is 0 Å². The highest BCUT2D eigenvalue weighted by molar-refractivity contribution is 5.77. The summed E-state index contributed by atoms with van der Waals surface area (Å²) in [4.78, 5) is 83.1. The molecule has 846 valence electrons. The molecule has 23 atom stereocenters. The molecular formula is C124H242O18. The Bertz CT molecular complexity index is 3460. The first-order valence-electron chi connectivity index (χ1n) is 53.9. The molecule has 23 unspecified atom stereocenters. The lowest BCUT2D eigenvalue weighted by molar-refractivity contribution is -0.224. The van der Waals surface area contributed by atoms with Crippen molar-refractivity contribution in [3.05, 3.63) is 0 Å². The molecule has 0 heterocycles. The average Bonchev–Trinajstić information content (AvgIpc) is 1.55. The summed E-state index contributed by atoms with van der Waals surface area (Å²) in [5.74, 6) is 17.4. The van der Waals surface area contributed by atoms with Crippen molar-refractivity contribution in [2.45, 2.75) is 599 Å². The van der Waals surface area contributed by atoms with Crippen molar-refractivity contribution >= 4 is 41.8 Å². The van der Waals surface area contributed by atoms with Crippen LogP contribution in [0.2, 0.25) is 0 Å². The van der Waals surface area contributed by atoms with Gasteiger partial charge in [-0.1, -0.05) is 207 Å². The predicted molar refractivity (Wildman–Crippen MR) is 596 cm³/mol. The number of rotatable bonds is 31. The van der Waals surface area contributed by atoms with Gasteiger partial charge in [-0.15, -0.1) is 0 Å². The van der Waals surface area contributed by atoms with Gasteiger partial charge in [0.25, 0.3) is 0 Å². The summed E-state index contributed by atoms with van der Waals surface area (Å²) in [6, 6.07) is 0. The standard InChI is InChI=1S/C20H32O3.C19H30O3.C18H30O3.C17H28O3.C13H24O2.C12H22O2.C11H20O2.14CH4/c1-5-20(3,4)19(21)23-11(2)22-16-10-14-9-15(16)18-13-7-6-12(8-13)17(14)18;1-4-10(2)19(20)22-11(3)21-16-9-14-8-15(16)18-13-6-5-12(7-13)17(14)18;1-5-18(3,4)17(19)21-11(2)20-16-14-7-12-6-13(9-14)10-15(16)8-12;1-4-10(2)17(18)20-11(3)19-16-14-6-12-5-13(8-14)9-15(16)7-12;1-4-11(3)12(14)15-13(5-2)9-7-6-8-10-13;1-4-10(3)11(13)14-12(5-2)8-6-7-9-12;1-4-9(2)10(12)13-11(3)7-5-6-8-11;;;;;;;;;;;;;;/h11-18H,5-10H2,1-4H3;10-18H,4-9H2,1-3H3;11-16H,5-10H2,1-4H3;10-16H,4-9H2,1-3H3;11H,4-10H2,1-3H3;10H,4-9H2,1-3H3;9H,4-8H2,1-3H3;14*1H4. The third-order valence-electron chi connectivity index (χ3n) is 37.3. The number of hydrogen-bond donors (Lipinski definition) is 0. The molecule has 19 rings (SSSR count). The maximum absolute atomic E-state index is 12.2. The van der Waals surface area contributed by atoms with Crippen LogP contribution in [-0.2, 0) is 85.7 Å². The van der Waals surface area contributed by atoms with E-state index in [-0.39, 0.29) is 205 Å². The van der Waals surface area contributed by atoms with E-state index in [9.17, 15) is 33.6 Å². The van der Waals surface area contributed by atoms with Crippen LogP contribution in [0, 0.1) is 159 Å². The van der Waals surface area contributed by atoms with Gasteiger partial charge < -0.3 is 52.1 Å². The molecule has 0 spiro atoms. The Labute approximate surface area is 880 Å². The van der Waals surface area contributed by atoms with Gasteiger partial charge >= 0.3 is 41.8 Å². The third kappa shape index (κ3) is 35.9. The number of ether oxygens (including phenoxy) is 11. The van der Waals surface area contributed by atoms with Gasteiger partial charge in [-0.2, -0.15) is 0 Å². The van der Waals surface area contributed by atoms with Crippen molar-refractivity contribution in [2.24, 2.45) is 159 Å². The minimum absolute atomic E-state index is 0. The molecule has 18 nitrogen and oxygen atoms in total. The Morgan fingerprint density at radius 3 is 0.817 bits per heavy atom. The van der Waals surface area contributed by atoms with Gasteiger partial charge in [-0.3, -0.25) is 33.6 Å². The lowest BCUT2D eigenvalue weighted by Crippen LogP contribution is -2.50. The van der Waals surface area contributed by atoms with Gasteiger partial charge in [-0.25, -0.2) is 0 Å². The highest BCUT2D eigenvalue weighted by Gasteiger charge is 2.65. The van der Waals surface area contributed by atoms with Gasteiger partial charge in [0.1, 0.15) is 16.8 Å². The molecule has 0 aromatic heterocycles. The number of hydrogen-bond acceptors (Lipinski definition) is 18. The fourth-order valence-electron chi connectivity index (χ4n) is 28.3. The maximum atomic E-state index is 12.2. The van der Waals surface area contributed by atoms with Crippen molar-refractivity contribution in [3.8, 4) is 0 Å². The minimum atomic E-state index is -0.415. The molecular weight excluding hydrogens is 1780 g/mol. The van der Waals surface area contributed by atoms with E-state index in [4.69, 9.17) is 52.1 Å². The molecule has 18 heteroatoms. The average molecular weight is 2020 g/mol. The van der Waals surface area contributed by atoms with E-state index in [2.05, 4.69) is 20.8 Å². The van der Waals surface area contributed by atoms with Gasteiger partial charge in [0.2, 0.25) is 0 Å². The zero-order chi connectivity index (χ0) is 93.1. The second-order valence-electron chi connectivity index (χ2n) is 46.9. The smallest absolute Gasteiger partial charge is 0.313 e. The van der Waals surface area contributed by atoms with Crippen LogP contribution >= 0.6 is 0 Å². The van der Waals surface area contributed by atoms with Crippen molar-refractivity contribution in [3.63, 3.8) is 0 Å². The summed E-state index contributed by atoms with van der Waals surface area (Å²) in [6.45, 7) is 45.4. The molecule has 19 fully saturated rings. The van der Waals surface area contributed by atoms with Crippen molar-refractivity contribution in [1.82, 2.24) is 0 Å². The normalized spacial score (nSPS) is 32.9. The molecule has 0 amide bonds. The number of carbonyl (C=O) groups is 7. The third-order valence-corrected chi connectivity index (χ3v) is 37.3. The number of esters is 7. The summed E-state index contributed by atoms with van der Waals surface area (Å²) in [6.07, 6.45) is 50.0. The van der Waals surface area contributed by atoms with Crippen molar-refractivity contribution in [1.29, 1.82) is 0 Å². The molecule has 0 aliphatic heterocycles. The van der Waals surface area contributed by atoms with Crippen LogP contribution in [0.3, 0.4) is 0 Å². The fourth-order valence-corrected chi connectivity index (χ4v) is 28.3. The Hall–Kier alpha value is -3.87. The van der Waals surface area contributed by atoms with E-state index in [0.29, 0.717) is 36.3 Å². The van der Waals surface area contributed by atoms with Crippen LogP contribution in [-0.4, -0.2) is 108 Å². The molecule has 19 saturated carbocycles. The number of fused-ring (bicyclic) bond motifs is 18. The summed E-state index contributed by atoms with van der Waals surface area (Å²) >= 11 is 0. The van der Waals surface area contributed by atoms with E-state index in [1.165, 1.54) is 173 Å². The van der Waals surface area contributed by atoms with Gasteiger partial charge in [0, 0.05) is 0 Å². The first-order valence-corrected chi connectivity index (χ1v) is 53.9. The van der Waals surface area contributed by atoms with E-state index < -0.39 is 23.4 Å². The van der Waals surface area contributed by atoms with Crippen LogP contribution in [0.4, 0.5) is 0 Å². The van der Waals surface area contributed by atoms with E-state index >= 15 is 0 Å². The van der Waals surface area contributed by atoms with E-state index in [1.54, 1.807) is 0 Å². The quantitative estimate of drug-likeness (QED) is 0.0272. The first-order chi connectivity index (χ1) is 60.8. The molecule has 0 aromatic carbocycles. The topological polar surface area (TPSA) is 221 Å². The SMILES string of the molecule is C.C.C.C.C.C.C.C.C.C.C.C.C.C.CCC(C)(C)C(=O)OC(C)OC1C2CC3CC(C2)CC1C3.CCC(C)(C)C(=O)OC(C)OC1CC2CC1C1C3CCC(C3)C21.CCC(C)C(=O)OC(C)OC1C2CC3CC(C2)CC1C3.CCC(C)C(=O)OC(C)OC1CC2CC1C1C3CCC(C3)C21.CCC(C)C(=O)OC1(C)CCCC1.CCC(C)C(=O)OC1(CC)CCCC1.CCC(C)C(=O)OC1(CC)CCCCC1. The van der Waals surface area contributed by atoms with Gasteiger partial charge in [0.05, 0.1) is 64.8 Å². The summed E-state index contributed by atoms with van der Waals surface area (Å²) in [7, 11) is 0. The highest BCUT2D eigenvalue weighted by atomic mass is 16.7. The molecule has 19 aliphatic rings. The van der Waals surface area contributed by atoms with Crippen molar-refractivity contribution in [2.75, 3.05) is 0 Å². The Kier molecular flexibility index (Phi) is 65.2. The lowest BCUT2D eigenvalue weighted by atomic mass is 9.55. The molecule has 0 aromatic rings. The molecule has 16 bridgehead atoms. The zero-order valence-corrected chi connectivity index (χ0v) is 85.1.